The highest BCUT2D eigenvalue weighted by Crippen LogP contribution is 2.21. The maximum Gasteiger partial charge on any atom is 0.328 e. The van der Waals surface area contributed by atoms with Gasteiger partial charge in [-0.05, 0) is 44.0 Å². The summed E-state index contributed by atoms with van der Waals surface area (Å²) in [6, 6.07) is 6.27. The topological polar surface area (TPSA) is 133 Å². The van der Waals surface area contributed by atoms with Gasteiger partial charge in [-0.3, -0.25) is 29.2 Å². The number of carbonyl (C=O) groups excluding carboxylic acids is 3. The number of rotatable bonds is 9. The number of esters is 1. The van der Waals surface area contributed by atoms with Crippen molar-refractivity contribution in [3.63, 3.8) is 0 Å². The number of hydrogen-bond donors (Lipinski definition) is 1. The average Bonchev–Trinajstić information content (AvgIpc) is 2.92. The molecular formula is C20H24N4O6. The van der Waals surface area contributed by atoms with Gasteiger partial charge in [0.2, 0.25) is 5.91 Å². The minimum absolute atomic E-state index is 0.109. The van der Waals surface area contributed by atoms with Gasteiger partial charge in [0.1, 0.15) is 17.9 Å². The number of Topliss-reactive ketones (excluding diaryl/α,β-unsaturated/α-hetero) is 1. The highest BCUT2D eigenvalue weighted by atomic mass is 16.6. The van der Waals surface area contributed by atoms with Crippen molar-refractivity contribution in [1.29, 1.82) is 0 Å². The van der Waals surface area contributed by atoms with Gasteiger partial charge in [0.25, 0.3) is 0 Å². The van der Waals surface area contributed by atoms with Crippen LogP contribution < -0.4 is 5.32 Å². The molecule has 0 saturated carbocycles. The number of amides is 1. The number of hydrogen-bond acceptors (Lipinski definition) is 7. The van der Waals surface area contributed by atoms with Crippen molar-refractivity contribution < 1.29 is 24.0 Å². The quantitative estimate of drug-likeness (QED) is 0.287. The summed E-state index contributed by atoms with van der Waals surface area (Å²) < 4.78 is 6.15. The van der Waals surface area contributed by atoms with Crippen LogP contribution in [0.25, 0.3) is 0 Å². The van der Waals surface area contributed by atoms with Crippen LogP contribution in [0.5, 0.6) is 0 Å². The summed E-state index contributed by atoms with van der Waals surface area (Å²) >= 11 is 0. The van der Waals surface area contributed by atoms with Crippen molar-refractivity contribution in [1.82, 2.24) is 9.78 Å². The predicted octanol–water partition coefficient (Wildman–Crippen LogP) is 2.82. The Kier molecular flexibility index (Phi) is 7.40. The fourth-order valence-corrected chi connectivity index (χ4v) is 2.83. The summed E-state index contributed by atoms with van der Waals surface area (Å²) in [7, 11) is 0. The van der Waals surface area contributed by atoms with Crippen LogP contribution in [0.1, 0.15) is 42.0 Å². The molecule has 2 aromatic rings. The molecule has 0 aliphatic rings. The van der Waals surface area contributed by atoms with E-state index in [1.165, 1.54) is 30.7 Å². The molecule has 0 unspecified atom stereocenters. The number of aromatic nitrogens is 2. The van der Waals surface area contributed by atoms with Gasteiger partial charge in [0.15, 0.2) is 12.4 Å². The average molecular weight is 416 g/mol. The second kappa shape index (κ2) is 9.77. The van der Waals surface area contributed by atoms with Crippen molar-refractivity contribution in [3.8, 4) is 0 Å². The van der Waals surface area contributed by atoms with Gasteiger partial charge in [0, 0.05) is 17.7 Å². The van der Waals surface area contributed by atoms with Crippen LogP contribution in [0, 0.1) is 29.9 Å². The molecular weight excluding hydrogens is 392 g/mol. The Labute approximate surface area is 173 Å². The number of ether oxygens (including phenoxy) is 1. The number of anilines is 1. The first-order valence-corrected chi connectivity index (χ1v) is 9.35. The van der Waals surface area contributed by atoms with Crippen molar-refractivity contribution in [2.24, 2.45) is 5.92 Å². The fourth-order valence-electron chi connectivity index (χ4n) is 2.83. The molecule has 1 aromatic heterocycles. The van der Waals surface area contributed by atoms with E-state index in [0.717, 1.165) is 0 Å². The van der Waals surface area contributed by atoms with Crippen molar-refractivity contribution in [2.45, 2.75) is 40.7 Å². The van der Waals surface area contributed by atoms with Gasteiger partial charge >= 0.3 is 11.7 Å². The van der Waals surface area contributed by atoms with Crippen molar-refractivity contribution in [3.05, 3.63) is 51.3 Å². The summed E-state index contributed by atoms with van der Waals surface area (Å²) in [6.07, 6.45) is 0.398. The van der Waals surface area contributed by atoms with Gasteiger partial charge in [-0.15, -0.1) is 0 Å². The van der Waals surface area contributed by atoms with Crippen LogP contribution in [0.2, 0.25) is 0 Å². The molecule has 30 heavy (non-hydrogen) atoms. The molecule has 0 spiro atoms. The molecule has 10 nitrogen and oxygen atoms in total. The van der Waals surface area contributed by atoms with Crippen LogP contribution in [0.15, 0.2) is 24.3 Å². The standard InChI is InChI=1S/C20H24N4O6/c1-12(2)9-18(26)21-16-7-5-15(6-8-16)17(25)11-30-19(27)10-23-14(4)20(24(28)29)13(3)22-23/h5-8,12H,9-11H2,1-4H3,(H,21,26). The molecule has 10 heteroatoms. The Balaban J connectivity index is 1.89. The SMILES string of the molecule is Cc1nn(CC(=O)OCC(=O)c2ccc(NC(=O)CC(C)C)cc2)c(C)c1[N+](=O)[O-]. The lowest BCUT2D eigenvalue weighted by molar-refractivity contribution is -0.386. The zero-order chi connectivity index (χ0) is 22.4. The molecule has 0 radical (unpaired) electrons. The maximum atomic E-state index is 12.2. The molecule has 0 saturated heterocycles. The molecule has 2 rings (SSSR count). The number of carbonyl (C=O) groups is 3. The minimum atomic E-state index is -0.735. The normalized spacial score (nSPS) is 10.7. The lowest BCUT2D eigenvalue weighted by atomic mass is 10.1. The van der Waals surface area contributed by atoms with Crippen LogP contribution in [-0.4, -0.2) is 39.0 Å². The van der Waals surface area contributed by atoms with Crippen LogP contribution in [-0.2, 0) is 20.9 Å². The Bertz CT molecular complexity index is 962. The van der Waals surface area contributed by atoms with Gasteiger partial charge in [-0.1, -0.05) is 13.8 Å². The van der Waals surface area contributed by atoms with E-state index in [0.29, 0.717) is 17.7 Å². The Morgan fingerprint density at radius 1 is 1.20 bits per heavy atom. The first kappa shape index (κ1) is 22.7. The summed E-state index contributed by atoms with van der Waals surface area (Å²) in [5, 5.41) is 17.7. The molecule has 0 atom stereocenters. The Morgan fingerprint density at radius 3 is 2.37 bits per heavy atom. The molecule has 1 aromatic carbocycles. The van der Waals surface area contributed by atoms with Crippen molar-refractivity contribution >= 4 is 29.0 Å². The maximum absolute atomic E-state index is 12.2. The zero-order valence-electron chi connectivity index (χ0n) is 17.3. The largest absolute Gasteiger partial charge is 0.456 e. The molecule has 0 bridgehead atoms. The number of nitrogens with zero attached hydrogens (tertiary/aromatic N) is 3. The third-order valence-corrected chi connectivity index (χ3v) is 4.25. The number of aryl methyl sites for hydroxylation is 1. The van der Waals surface area contributed by atoms with E-state index >= 15 is 0 Å². The van der Waals surface area contributed by atoms with E-state index < -0.39 is 23.3 Å². The molecule has 0 fully saturated rings. The molecule has 1 amide bonds. The monoisotopic (exact) mass is 416 g/mol. The smallest absolute Gasteiger partial charge is 0.328 e. The summed E-state index contributed by atoms with van der Waals surface area (Å²) in [4.78, 5) is 46.4. The first-order valence-electron chi connectivity index (χ1n) is 9.35. The minimum Gasteiger partial charge on any atom is -0.456 e. The van der Waals surface area contributed by atoms with Gasteiger partial charge in [-0.25, -0.2) is 0 Å². The number of nitrogens with one attached hydrogen (secondary N) is 1. The second-order valence-corrected chi connectivity index (χ2v) is 7.24. The van der Waals surface area contributed by atoms with E-state index in [9.17, 15) is 24.5 Å². The number of benzene rings is 1. The summed E-state index contributed by atoms with van der Waals surface area (Å²) in [5.74, 6) is -1.02. The Morgan fingerprint density at radius 2 is 1.83 bits per heavy atom. The van der Waals surface area contributed by atoms with E-state index in [1.807, 2.05) is 13.8 Å². The van der Waals surface area contributed by atoms with Crippen LogP contribution >= 0.6 is 0 Å². The van der Waals surface area contributed by atoms with E-state index in [4.69, 9.17) is 4.74 Å². The molecule has 0 aliphatic carbocycles. The molecule has 160 valence electrons. The van der Waals surface area contributed by atoms with Crippen molar-refractivity contribution in [2.75, 3.05) is 11.9 Å². The molecule has 1 heterocycles. The second-order valence-electron chi connectivity index (χ2n) is 7.24. The van der Waals surface area contributed by atoms with Gasteiger partial charge in [0.05, 0.1) is 4.92 Å². The zero-order valence-corrected chi connectivity index (χ0v) is 17.3. The number of nitro groups is 1. The third kappa shape index (κ3) is 5.97. The lowest BCUT2D eigenvalue weighted by Crippen LogP contribution is -2.20. The summed E-state index contributed by atoms with van der Waals surface area (Å²) in [6.45, 7) is 6.04. The van der Waals surface area contributed by atoms with Crippen LogP contribution in [0.4, 0.5) is 11.4 Å². The van der Waals surface area contributed by atoms with E-state index in [1.54, 1.807) is 12.1 Å². The van der Waals surface area contributed by atoms with Gasteiger partial charge < -0.3 is 10.1 Å². The van der Waals surface area contributed by atoms with Gasteiger partial charge in [-0.2, -0.15) is 5.10 Å². The fraction of sp³-hybridized carbons (Fsp3) is 0.400. The highest BCUT2D eigenvalue weighted by molar-refractivity contribution is 5.98. The van der Waals surface area contributed by atoms with E-state index in [2.05, 4.69) is 10.4 Å². The lowest BCUT2D eigenvalue weighted by Gasteiger charge is -2.08. The molecule has 0 aliphatic heterocycles. The molecule has 1 N–H and O–H groups in total. The third-order valence-electron chi connectivity index (χ3n) is 4.25. The first-order chi connectivity index (χ1) is 14.1. The summed E-state index contributed by atoms with van der Waals surface area (Å²) in [5.41, 5.74) is 1.17. The predicted molar refractivity (Wildman–Crippen MR) is 108 cm³/mol. The number of ketones is 1. The van der Waals surface area contributed by atoms with Crippen LogP contribution in [0.3, 0.4) is 0 Å². The highest BCUT2D eigenvalue weighted by Gasteiger charge is 2.23. The Hall–Kier alpha value is -3.56. The van der Waals surface area contributed by atoms with E-state index in [-0.39, 0.29) is 35.4 Å².